The van der Waals surface area contributed by atoms with E-state index in [1.54, 1.807) is 0 Å². The predicted molar refractivity (Wildman–Crippen MR) is 46.4 cm³/mol. The quantitative estimate of drug-likeness (QED) is 0.722. The molecule has 82 valence electrons. The largest absolute Gasteiger partial charge is 0.431 e. The van der Waals surface area contributed by atoms with Gasteiger partial charge in [-0.3, -0.25) is 4.79 Å². The van der Waals surface area contributed by atoms with Crippen molar-refractivity contribution in [2.24, 2.45) is 0 Å². The second-order valence-corrected chi connectivity index (χ2v) is 2.85. The summed E-state index contributed by atoms with van der Waals surface area (Å²) >= 11 is 0. The second-order valence-electron chi connectivity index (χ2n) is 2.85. The highest BCUT2D eigenvalue weighted by atomic mass is 19.4. The third-order valence-corrected chi connectivity index (χ3v) is 1.81. The summed E-state index contributed by atoms with van der Waals surface area (Å²) in [6.45, 7) is -0.252. The molecule has 0 bridgehead atoms. The number of hydrogen-bond acceptors (Lipinski definition) is 2. The van der Waals surface area contributed by atoms with Crippen LogP contribution in [-0.4, -0.2) is 10.9 Å². The Morgan fingerprint density at radius 1 is 1.33 bits per heavy atom. The van der Waals surface area contributed by atoms with Crippen LogP contribution in [0.1, 0.15) is 12.1 Å². The smallest absolute Gasteiger partial charge is 0.304 e. The molecule has 0 unspecified atom stereocenters. The van der Waals surface area contributed by atoms with Gasteiger partial charge in [0.05, 0.1) is 0 Å². The van der Waals surface area contributed by atoms with Crippen LogP contribution < -0.4 is 5.56 Å². The number of nitrogens with zero attached hydrogens (tertiary/aromatic N) is 1. The SMILES string of the molecule is O=CCCn1c(C(F)(F)F)cccc1=O. The minimum atomic E-state index is -4.58. The minimum Gasteiger partial charge on any atom is -0.304 e. The van der Waals surface area contributed by atoms with Crippen LogP contribution in [0, 0.1) is 0 Å². The van der Waals surface area contributed by atoms with Gasteiger partial charge in [-0.15, -0.1) is 0 Å². The monoisotopic (exact) mass is 219 g/mol. The number of halogens is 3. The summed E-state index contributed by atoms with van der Waals surface area (Å²) in [5.41, 5.74) is -1.79. The summed E-state index contributed by atoms with van der Waals surface area (Å²) in [7, 11) is 0. The van der Waals surface area contributed by atoms with Gasteiger partial charge in [0.25, 0.3) is 5.56 Å². The molecular weight excluding hydrogens is 211 g/mol. The van der Waals surface area contributed by atoms with Crippen LogP contribution in [0.3, 0.4) is 0 Å². The van der Waals surface area contributed by atoms with E-state index in [9.17, 15) is 22.8 Å². The standard InChI is InChI=1S/C9H8F3NO2/c10-9(11,12)7-3-1-4-8(15)13(7)5-2-6-14/h1,3-4,6H,2,5H2. The van der Waals surface area contributed by atoms with E-state index in [2.05, 4.69) is 0 Å². The third-order valence-electron chi connectivity index (χ3n) is 1.81. The summed E-state index contributed by atoms with van der Waals surface area (Å²) < 4.78 is 37.8. The van der Waals surface area contributed by atoms with Crippen LogP contribution in [0.15, 0.2) is 23.0 Å². The lowest BCUT2D eigenvalue weighted by Gasteiger charge is -2.13. The summed E-state index contributed by atoms with van der Waals surface area (Å²) in [6, 6.07) is 2.88. The summed E-state index contributed by atoms with van der Waals surface area (Å²) in [4.78, 5) is 21.2. The van der Waals surface area contributed by atoms with Crippen molar-refractivity contribution in [1.82, 2.24) is 4.57 Å². The first-order valence-electron chi connectivity index (χ1n) is 4.17. The van der Waals surface area contributed by atoms with Gasteiger partial charge in [0.2, 0.25) is 0 Å². The number of alkyl halides is 3. The highest BCUT2D eigenvalue weighted by Crippen LogP contribution is 2.27. The van der Waals surface area contributed by atoms with Gasteiger partial charge >= 0.3 is 6.18 Å². The Bertz CT molecular complexity index is 409. The number of pyridine rings is 1. The van der Waals surface area contributed by atoms with Crippen LogP contribution in [0.4, 0.5) is 13.2 Å². The molecule has 0 aliphatic carbocycles. The molecular formula is C9H8F3NO2. The maximum Gasteiger partial charge on any atom is 0.431 e. The zero-order valence-corrected chi connectivity index (χ0v) is 7.62. The number of aromatic nitrogens is 1. The van der Waals surface area contributed by atoms with E-state index in [0.717, 1.165) is 18.2 Å². The molecule has 0 saturated heterocycles. The van der Waals surface area contributed by atoms with Gasteiger partial charge in [0.15, 0.2) is 0 Å². The maximum atomic E-state index is 12.4. The molecule has 0 fully saturated rings. The molecule has 1 aromatic heterocycles. The van der Waals surface area contributed by atoms with Gasteiger partial charge in [-0.25, -0.2) is 0 Å². The van der Waals surface area contributed by atoms with Crippen molar-refractivity contribution < 1.29 is 18.0 Å². The topological polar surface area (TPSA) is 39.1 Å². The number of aldehydes is 1. The van der Waals surface area contributed by atoms with Crippen LogP contribution >= 0.6 is 0 Å². The third kappa shape index (κ3) is 2.68. The molecule has 0 saturated carbocycles. The Kier molecular flexibility index (Phi) is 3.28. The highest BCUT2D eigenvalue weighted by Gasteiger charge is 2.33. The zero-order chi connectivity index (χ0) is 11.5. The maximum absolute atomic E-state index is 12.4. The number of hydrogen-bond donors (Lipinski definition) is 0. The van der Waals surface area contributed by atoms with Crippen molar-refractivity contribution in [2.75, 3.05) is 0 Å². The van der Waals surface area contributed by atoms with E-state index in [0.29, 0.717) is 10.9 Å². The lowest BCUT2D eigenvalue weighted by atomic mass is 10.3. The molecule has 3 nitrogen and oxygen atoms in total. The lowest BCUT2D eigenvalue weighted by molar-refractivity contribution is -0.144. The first-order chi connectivity index (χ1) is 6.96. The van der Waals surface area contributed by atoms with E-state index < -0.39 is 17.4 Å². The van der Waals surface area contributed by atoms with Gasteiger partial charge in [0.1, 0.15) is 12.0 Å². The van der Waals surface area contributed by atoms with E-state index in [-0.39, 0.29) is 13.0 Å². The van der Waals surface area contributed by atoms with E-state index in [1.165, 1.54) is 0 Å². The van der Waals surface area contributed by atoms with E-state index in [1.807, 2.05) is 0 Å². The average molecular weight is 219 g/mol. The van der Waals surface area contributed by atoms with Crippen LogP contribution in [0.2, 0.25) is 0 Å². The van der Waals surface area contributed by atoms with Crippen molar-refractivity contribution >= 4 is 6.29 Å². The Morgan fingerprint density at radius 2 is 2.00 bits per heavy atom. The fraction of sp³-hybridized carbons (Fsp3) is 0.333. The van der Waals surface area contributed by atoms with E-state index >= 15 is 0 Å². The van der Waals surface area contributed by atoms with Crippen molar-refractivity contribution in [3.8, 4) is 0 Å². The molecule has 1 aromatic rings. The Hall–Kier alpha value is -1.59. The average Bonchev–Trinajstić information content (AvgIpc) is 2.14. The fourth-order valence-corrected chi connectivity index (χ4v) is 1.18. The zero-order valence-electron chi connectivity index (χ0n) is 7.62. The second kappa shape index (κ2) is 4.29. The van der Waals surface area contributed by atoms with Crippen molar-refractivity contribution in [3.63, 3.8) is 0 Å². The van der Waals surface area contributed by atoms with Crippen molar-refractivity contribution in [2.45, 2.75) is 19.1 Å². The molecule has 0 aliphatic heterocycles. The molecule has 0 spiro atoms. The van der Waals surface area contributed by atoms with Crippen molar-refractivity contribution in [1.29, 1.82) is 0 Å². The van der Waals surface area contributed by atoms with Crippen LogP contribution in [0.25, 0.3) is 0 Å². The van der Waals surface area contributed by atoms with Gasteiger partial charge in [0, 0.05) is 19.0 Å². The van der Waals surface area contributed by atoms with Gasteiger partial charge in [-0.05, 0) is 6.07 Å². The van der Waals surface area contributed by atoms with Crippen LogP contribution in [0.5, 0.6) is 0 Å². The summed E-state index contributed by atoms with van der Waals surface area (Å²) in [5, 5.41) is 0. The summed E-state index contributed by atoms with van der Waals surface area (Å²) in [5.74, 6) is 0. The number of carbonyl (C=O) groups excluding carboxylic acids is 1. The molecule has 1 rings (SSSR count). The lowest BCUT2D eigenvalue weighted by Crippen LogP contribution is -2.27. The van der Waals surface area contributed by atoms with Crippen LogP contribution in [-0.2, 0) is 17.5 Å². The molecule has 15 heavy (non-hydrogen) atoms. The molecule has 0 aromatic carbocycles. The van der Waals surface area contributed by atoms with Gasteiger partial charge < -0.3 is 9.36 Å². The Balaban J connectivity index is 3.20. The molecule has 0 N–H and O–H groups in total. The molecule has 0 atom stereocenters. The number of rotatable bonds is 3. The molecule has 0 radical (unpaired) electrons. The predicted octanol–water partition coefficient (Wildman–Crippen LogP) is 1.46. The first-order valence-corrected chi connectivity index (χ1v) is 4.17. The number of carbonyl (C=O) groups is 1. The van der Waals surface area contributed by atoms with E-state index in [4.69, 9.17) is 0 Å². The van der Waals surface area contributed by atoms with Gasteiger partial charge in [-0.2, -0.15) is 13.2 Å². The molecule has 0 aliphatic rings. The highest BCUT2D eigenvalue weighted by molar-refractivity contribution is 5.49. The molecule has 6 heteroatoms. The minimum absolute atomic E-state index is 0.118. The molecule has 1 heterocycles. The Morgan fingerprint density at radius 3 is 2.53 bits per heavy atom. The first kappa shape index (κ1) is 11.5. The normalized spacial score (nSPS) is 11.4. The van der Waals surface area contributed by atoms with Gasteiger partial charge in [-0.1, -0.05) is 6.07 Å². The summed E-state index contributed by atoms with van der Waals surface area (Å²) in [6.07, 6.45) is -4.23. The Labute approximate surface area is 83.1 Å². The van der Waals surface area contributed by atoms with Crippen molar-refractivity contribution in [3.05, 3.63) is 34.2 Å². The molecule has 0 amide bonds. The fourth-order valence-electron chi connectivity index (χ4n) is 1.18.